The first kappa shape index (κ1) is 14.2. The number of ether oxygens (including phenoxy) is 1. The van der Waals surface area contributed by atoms with Crippen LogP contribution in [0.15, 0.2) is 24.3 Å². The molecule has 0 atom stereocenters. The fourth-order valence-electron chi connectivity index (χ4n) is 1.57. The van der Waals surface area contributed by atoms with E-state index in [0.29, 0.717) is 5.56 Å². The first-order chi connectivity index (χ1) is 9.41. The molecule has 0 heterocycles. The fraction of sp³-hybridized carbons (Fsp3) is 0.143. The normalized spacial score (nSPS) is 10.7. The van der Waals surface area contributed by atoms with Crippen LogP contribution in [0.5, 0.6) is 11.5 Å². The van der Waals surface area contributed by atoms with E-state index in [0.717, 1.165) is 5.56 Å². The summed E-state index contributed by atoms with van der Waals surface area (Å²) in [7, 11) is 0. The van der Waals surface area contributed by atoms with E-state index in [1.54, 1.807) is 24.3 Å². The Hall–Kier alpha value is -2.24. The Kier molecular flexibility index (Phi) is 3.83. The van der Waals surface area contributed by atoms with Crippen LogP contribution in [0.2, 0.25) is 0 Å². The summed E-state index contributed by atoms with van der Waals surface area (Å²) in [6.07, 6.45) is 0. The molecule has 0 aromatic heterocycles. The lowest BCUT2D eigenvalue weighted by Gasteiger charge is -2.10. The third kappa shape index (κ3) is 2.54. The topological polar surface area (TPSA) is 29.5 Å². The number of rotatable bonds is 3. The second-order valence-electron chi connectivity index (χ2n) is 4.21. The zero-order valence-electron chi connectivity index (χ0n) is 10.4. The minimum Gasteiger partial charge on any atom is -0.503 e. The molecule has 0 spiro atoms. The van der Waals surface area contributed by atoms with E-state index in [9.17, 15) is 17.6 Å². The summed E-state index contributed by atoms with van der Waals surface area (Å²) in [6, 6.07) is 6.81. The van der Waals surface area contributed by atoms with Crippen LogP contribution in [0, 0.1) is 30.2 Å². The molecular weight excluding hydrogens is 276 g/mol. The van der Waals surface area contributed by atoms with Gasteiger partial charge >= 0.3 is 0 Å². The maximum Gasteiger partial charge on any atom is 0.207 e. The molecule has 20 heavy (non-hydrogen) atoms. The number of phenols is 1. The quantitative estimate of drug-likeness (QED) is 0.686. The molecule has 0 fully saturated rings. The van der Waals surface area contributed by atoms with Gasteiger partial charge in [0, 0.05) is 0 Å². The smallest absolute Gasteiger partial charge is 0.207 e. The highest BCUT2D eigenvalue weighted by Crippen LogP contribution is 2.34. The molecule has 2 aromatic rings. The van der Waals surface area contributed by atoms with Gasteiger partial charge in [-0.2, -0.15) is 17.6 Å². The summed E-state index contributed by atoms with van der Waals surface area (Å²) in [5, 5.41) is 8.82. The standard InChI is InChI=1S/C14H10F4O2/c1-7-2-4-8(5-3-7)6-20-14-11(17)9(15)13(19)10(16)12(14)18/h2-5,19H,6H2,1H3. The van der Waals surface area contributed by atoms with Crippen LogP contribution >= 0.6 is 0 Å². The number of hydrogen-bond donors (Lipinski definition) is 1. The Bertz CT molecular complexity index is 610. The van der Waals surface area contributed by atoms with E-state index in [2.05, 4.69) is 0 Å². The van der Waals surface area contributed by atoms with Crippen molar-refractivity contribution in [3.05, 3.63) is 58.7 Å². The lowest BCUT2D eigenvalue weighted by molar-refractivity contribution is 0.253. The molecule has 0 saturated heterocycles. The van der Waals surface area contributed by atoms with Gasteiger partial charge in [-0.25, -0.2) is 0 Å². The molecule has 0 aliphatic rings. The van der Waals surface area contributed by atoms with Crippen LogP contribution in [0.3, 0.4) is 0 Å². The van der Waals surface area contributed by atoms with Crippen molar-refractivity contribution < 1.29 is 27.4 Å². The molecule has 0 aliphatic heterocycles. The first-order valence-corrected chi connectivity index (χ1v) is 5.65. The van der Waals surface area contributed by atoms with Gasteiger partial charge in [-0.1, -0.05) is 29.8 Å². The Morgan fingerprint density at radius 3 is 1.90 bits per heavy atom. The van der Waals surface area contributed by atoms with Crippen molar-refractivity contribution in [1.29, 1.82) is 0 Å². The van der Waals surface area contributed by atoms with Crippen LogP contribution in [0.4, 0.5) is 17.6 Å². The second kappa shape index (κ2) is 5.40. The summed E-state index contributed by atoms with van der Waals surface area (Å²) >= 11 is 0. The van der Waals surface area contributed by atoms with Crippen molar-refractivity contribution in [3.63, 3.8) is 0 Å². The number of aryl methyl sites for hydroxylation is 1. The largest absolute Gasteiger partial charge is 0.503 e. The van der Waals surface area contributed by atoms with E-state index in [4.69, 9.17) is 9.84 Å². The third-order valence-corrected chi connectivity index (χ3v) is 2.70. The van der Waals surface area contributed by atoms with Gasteiger partial charge in [0.2, 0.25) is 23.3 Å². The number of hydrogen-bond acceptors (Lipinski definition) is 2. The molecule has 0 unspecified atom stereocenters. The van der Waals surface area contributed by atoms with Gasteiger partial charge in [-0.15, -0.1) is 0 Å². The zero-order valence-corrected chi connectivity index (χ0v) is 10.4. The number of benzene rings is 2. The van der Waals surface area contributed by atoms with Gasteiger partial charge in [0.05, 0.1) is 0 Å². The highest BCUT2D eigenvalue weighted by Gasteiger charge is 2.26. The molecule has 6 heteroatoms. The zero-order chi connectivity index (χ0) is 14.9. The van der Waals surface area contributed by atoms with Gasteiger partial charge in [0.25, 0.3) is 0 Å². The van der Waals surface area contributed by atoms with Crippen molar-refractivity contribution in [3.8, 4) is 11.5 Å². The van der Waals surface area contributed by atoms with Crippen LogP contribution in [-0.2, 0) is 6.61 Å². The minimum absolute atomic E-state index is 0.266. The maximum absolute atomic E-state index is 13.4. The summed E-state index contributed by atoms with van der Waals surface area (Å²) in [4.78, 5) is 0. The Balaban J connectivity index is 2.28. The van der Waals surface area contributed by atoms with Gasteiger partial charge < -0.3 is 9.84 Å². The van der Waals surface area contributed by atoms with Gasteiger partial charge in [-0.3, -0.25) is 0 Å². The maximum atomic E-state index is 13.4. The second-order valence-corrected chi connectivity index (χ2v) is 4.21. The molecule has 2 aromatic carbocycles. The van der Waals surface area contributed by atoms with Crippen LogP contribution in [0.25, 0.3) is 0 Å². The van der Waals surface area contributed by atoms with Gasteiger partial charge in [0.1, 0.15) is 6.61 Å². The fourth-order valence-corrected chi connectivity index (χ4v) is 1.57. The first-order valence-electron chi connectivity index (χ1n) is 5.65. The molecule has 0 saturated carbocycles. The lowest BCUT2D eigenvalue weighted by atomic mass is 10.2. The monoisotopic (exact) mass is 286 g/mol. The molecular formula is C14H10F4O2. The van der Waals surface area contributed by atoms with E-state index in [1.807, 2.05) is 6.92 Å². The van der Waals surface area contributed by atoms with Crippen LogP contribution in [-0.4, -0.2) is 5.11 Å². The SMILES string of the molecule is Cc1ccc(COc2c(F)c(F)c(O)c(F)c2F)cc1. The number of aromatic hydroxyl groups is 1. The molecule has 106 valence electrons. The molecule has 0 bridgehead atoms. The summed E-state index contributed by atoms with van der Waals surface area (Å²) in [5.74, 6) is -10.2. The minimum atomic E-state index is -1.89. The highest BCUT2D eigenvalue weighted by molar-refractivity contribution is 5.37. The van der Waals surface area contributed by atoms with E-state index in [1.165, 1.54) is 0 Å². The van der Waals surface area contributed by atoms with Crippen LogP contribution < -0.4 is 4.74 Å². The molecule has 2 nitrogen and oxygen atoms in total. The average Bonchev–Trinajstić information content (AvgIpc) is 2.45. The van der Waals surface area contributed by atoms with E-state index < -0.39 is 34.8 Å². The van der Waals surface area contributed by atoms with Crippen molar-refractivity contribution in [2.75, 3.05) is 0 Å². The van der Waals surface area contributed by atoms with Crippen molar-refractivity contribution >= 4 is 0 Å². The van der Waals surface area contributed by atoms with Crippen molar-refractivity contribution in [1.82, 2.24) is 0 Å². The molecule has 0 amide bonds. The van der Waals surface area contributed by atoms with Crippen molar-refractivity contribution in [2.45, 2.75) is 13.5 Å². The Labute approximate surface area is 112 Å². The van der Waals surface area contributed by atoms with Gasteiger partial charge in [-0.05, 0) is 12.5 Å². The van der Waals surface area contributed by atoms with E-state index in [-0.39, 0.29) is 6.61 Å². The summed E-state index contributed by atoms with van der Waals surface area (Å²) in [5.41, 5.74) is 1.55. The van der Waals surface area contributed by atoms with E-state index >= 15 is 0 Å². The number of halogens is 4. The molecule has 2 rings (SSSR count). The Morgan fingerprint density at radius 1 is 0.900 bits per heavy atom. The van der Waals surface area contributed by atoms with Crippen LogP contribution in [0.1, 0.15) is 11.1 Å². The highest BCUT2D eigenvalue weighted by atomic mass is 19.2. The lowest BCUT2D eigenvalue weighted by Crippen LogP contribution is -2.04. The van der Waals surface area contributed by atoms with Crippen molar-refractivity contribution in [2.24, 2.45) is 0 Å². The van der Waals surface area contributed by atoms with Gasteiger partial charge in [0.15, 0.2) is 11.5 Å². The third-order valence-electron chi connectivity index (χ3n) is 2.70. The summed E-state index contributed by atoms with van der Waals surface area (Å²) < 4.78 is 57.8. The average molecular weight is 286 g/mol. The predicted octanol–water partition coefficient (Wildman–Crippen LogP) is 3.84. The molecule has 0 aliphatic carbocycles. The predicted molar refractivity (Wildman–Crippen MR) is 63.4 cm³/mol. The molecule has 1 N–H and O–H groups in total. The Morgan fingerprint density at radius 2 is 1.40 bits per heavy atom. The number of phenolic OH excluding ortho intramolecular Hbond substituents is 1. The summed E-state index contributed by atoms with van der Waals surface area (Å²) in [6.45, 7) is 1.59. The molecule has 0 radical (unpaired) electrons.